The number of nitrogens with zero attached hydrogens (tertiary/aromatic N) is 2. The van der Waals surface area contributed by atoms with Gasteiger partial charge >= 0.3 is 0 Å². The van der Waals surface area contributed by atoms with E-state index in [4.69, 9.17) is 9.73 Å². The number of fused-ring (bicyclic) bond motifs is 9. The van der Waals surface area contributed by atoms with Crippen LogP contribution in [0.5, 0.6) is 5.75 Å². The number of benzene rings is 3. The third-order valence-electron chi connectivity index (χ3n) is 8.11. The van der Waals surface area contributed by atoms with Gasteiger partial charge in [0, 0.05) is 22.7 Å². The Labute approximate surface area is 165 Å². The highest BCUT2D eigenvalue weighted by molar-refractivity contribution is 6.17. The lowest BCUT2D eigenvalue weighted by atomic mass is 9.74. The Hall–Kier alpha value is -2.39. The molecule has 1 spiro atoms. The summed E-state index contributed by atoms with van der Waals surface area (Å²) in [6.07, 6.45) is 7.50. The van der Waals surface area contributed by atoms with Crippen molar-refractivity contribution in [3.8, 4) is 5.75 Å². The summed E-state index contributed by atoms with van der Waals surface area (Å²) in [6.45, 7) is 0. The average molecular weight is 368 g/mol. The molecule has 5 atom stereocenters. The minimum absolute atomic E-state index is 0.378. The minimum atomic E-state index is -0.378. The predicted molar refractivity (Wildman–Crippen MR) is 113 cm³/mol. The van der Waals surface area contributed by atoms with E-state index in [-0.39, 0.29) is 5.72 Å². The Bertz CT molecular complexity index is 1170. The Balaban J connectivity index is 1.51. The highest BCUT2D eigenvalue weighted by Gasteiger charge is 2.61. The highest BCUT2D eigenvalue weighted by atomic mass is 16.5. The lowest BCUT2D eigenvalue weighted by molar-refractivity contribution is -0.120. The zero-order chi connectivity index (χ0) is 18.5. The highest BCUT2D eigenvalue weighted by Crippen LogP contribution is 2.59. The number of hydrogen-bond acceptors (Lipinski definition) is 3. The second kappa shape index (κ2) is 5.15. The quantitative estimate of drug-likeness (QED) is 0.487. The van der Waals surface area contributed by atoms with Crippen molar-refractivity contribution < 1.29 is 4.74 Å². The molecule has 2 aliphatic heterocycles. The maximum atomic E-state index is 7.08. The van der Waals surface area contributed by atoms with E-state index in [1.807, 2.05) is 0 Å². The molecule has 2 heterocycles. The SMILES string of the molecule is CN1C2CC3CC(C2)C(C3)C12C=Nc1c(c3ccccc3c3ccccc13)O2. The molecule has 3 fully saturated rings. The predicted octanol–water partition coefficient (Wildman–Crippen LogP) is 5.53. The Morgan fingerprint density at radius 2 is 1.61 bits per heavy atom. The van der Waals surface area contributed by atoms with Gasteiger partial charge in [-0.05, 0) is 55.3 Å². The summed E-state index contributed by atoms with van der Waals surface area (Å²) in [5.41, 5.74) is 0.623. The number of hydrogen-bond donors (Lipinski definition) is 0. The normalized spacial score (nSPS) is 35.6. The summed E-state index contributed by atoms with van der Waals surface area (Å²) in [7, 11) is 2.27. The summed E-state index contributed by atoms with van der Waals surface area (Å²) in [5, 5.41) is 4.89. The lowest BCUT2D eigenvalue weighted by Crippen LogP contribution is -2.65. The van der Waals surface area contributed by atoms with Crippen LogP contribution in [0, 0.1) is 17.8 Å². The Morgan fingerprint density at radius 3 is 2.43 bits per heavy atom. The van der Waals surface area contributed by atoms with Crippen LogP contribution in [0.25, 0.3) is 21.5 Å². The maximum absolute atomic E-state index is 7.08. The van der Waals surface area contributed by atoms with Crippen LogP contribution in [0.1, 0.15) is 25.7 Å². The van der Waals surface area contributed by atoms with Gasteiger partial charge in [0.15, 0.2) is 5.75 Å². The fourth-order valence-electron chi connectivity index (χ4n) is 6.90. The third kappa shape index (κ3) is 1.77. The van der Waals surface area contributed by atoms with Crippen LogP contribution in [-0.2, 0) is 0 Å². The molecule has 0 aromatic heterocycles. The van der Waals surface area contributed by atoms with Gasteiger partial charge in [0.05, 0.1) is 6.21 Å². The molecule has 0 N–H and O–H groups in total. The summed E-state index contributed by atoms with van der Waals surface area (Å²) < 4.78 is 7.08. The van der Waals surface area contributed by atoms with E-state index in [1.54, 1.807) is 0 Å². The van der Waals surface area contributed by atoms with Crippen LogP contribution in [0.4, 0.5) is 5.69 Å². The van der Waals surface area contributed by atoms with E-state index in [0.717, 1.165) is 23.3 Å². The van der Waals surface area contributed by atoms with Crippen LogP contribution in [0.2, 0.25) is 0 Å². The molecule has 0 radical (unpaired) electrons. The topological polar surface area (TPSA) is 24.8 Å². The van der Waals surface area contributed by atoms with E-state index in [9.17, 15) is 0 Å². The largest absolute Gasteiger partial charge is 0.464 e. The van der Waals surface area contributed by atoms with Crippen molar-refractivity contribution in [2.45, 2.75) is 37.5 Å². The second-order valence-corrected chi connectivity index (χ2v) is 9.32. The summed E-state index contributed by atoms with van der Waals surface area (Å²) in [6, 6.07) is 17.9. The zero-order valence-corrected chi connectivity index (χ0v) is 16.1. The van der Waals surface area contributed by atoms with Crippen molar-refractivity contribution in [2.75, 3.05) is 7.05 Å². The average Bonchev–Trinajstić information content (AvgIpc) is 3.03. The van der Waals surface area contributed by atoms with E-state index in [1.165, 1.54) is 47.2 Å². The molecule has 3 nitrogen and oxygen atoms in total. The van der Waals surface area contributed by atoms with E-state index in [0.29, 0.717) is 12.0 Å². The van der Waals surface area contributed by atoms with E-state index < -0.39 is 0 Å². The smallest absolute Gasteiger partial charge is 0.203 e. The van der Waals surface area contributed by atoms with Crippen LogP contribution in [0.3, 0.4) is 0 Å². The van der Waals surface area contributed by atoms with Crippen molar-refractivity contribution >= 4 is 33.4 Å². The molecule has 28 heavy (non-hydrogen) atoms. The minimum Gasteiger partial charge on any atom is -0.464 e. The molecule has 2 saturated carbocycles. The van der Waals surface area contributed by atoms with Gasteiger partial charge in [-0.3, -0.25) is 9.89 Å². The van der Waals surface area contributed by atoms with Gasteiger partial charge in [-0.25, -0.2) is 0 Å². The Kier molecular flexibility index (Phi) is 2.86. The zero-order valence-electron chi connectivity index (χ0n) is 16.1. The van der Waals surface area contributed by atoms with E-state index >= 15 is 0 Å². The first-order chi connectivity index (χ1) is 13.7. The molecular formula is C25H24N2O. The molecule has 140 valence electrons. The maximum Gasteiger partial charge on any atom is 0.203 e. The second-order valence-electron chi connectivity index (χ2n) is 9.32. The molecule has 1 saturated heterocycles. The number of likely N-dealkylation sites (tertiary alicyclic amines) is 1. The van der Waals surface area contributed by atoms with Gasteiger partial charge in [-0.1, -0.05) is 48.5 Å². The lowest BCUT2D eigenvalue weighted by Gasteiger charge is -2.54. The first kappa shape index (κ1) is 15.5. The molecule has 3 heteroatoms. The molecule has 2 aliphatic carbocycles. The molecule has 4 aliphatic rings. The number of rotatable bonds is 0. The van der Waals surface area contributed by atoms with Gasteiger partial charge in [0.1, 0.15) is 5.69 Å². The molecule has 3 aromatic carbocycles. The van der Waals surface area contributed by atoms with Gasteiger partial charge in [0.2, 0.25) is 5.72 Å². The number of piperidine rings is 1. The summed E-state index contributed by atoms with van der Waals surface area (Å²) in [5.74, 6) is 3.21. The number of aliphatic imine (C=N–C) groups is 1. The monoisotopic (exact) mass is 368 g/mol. The fourth-order valence-corrected chi connectivity index (χ4v) is 6.90. The number of ether oxygens (including phenoxy) is 1. The van der Waals surface area contributed by atoms with E-state index in [2.05, 4.69) is 66.7 Å². The molecule has 7 rings (SSSR count). The van der Waals surface area contributed by atoms with Crippen molar-refractivity contribution in [1.82, 2.24) is 4.90 Å². The van der Waals surface area contributed by atoms with Crippen molar-refractivity contribution in [3.05, 3.63) is 48.5 Å². The Morgan fingerprint density at radius 1 is 0.893 bits per heavy atom. The standard InChI is InChI=1S/C25H24N2O/c1-27-17-11-15-10-16(13-17)22(12-15)25(27)14-26-23-20-8-4-2-6-18(20)19-7-3-5-9-21(19)24(23)28-25/h2-9,14-17,22H,10-13H2,1H3. The summed E-state index contributed by atoms with van der Waals surface area (Å²) in [4.78, 5) is 7.64. The van der Waals surface area contributed by atoms with Gasteiger partial charge < -0.3 is 4.74 Å². The van der Waals surface area contributed by atoms with Crippen LogP contribution in [-0.4, -0.2) is 29.9 Å². The molecule has 3 aromatic rings. The first-order valence-corrected chi connectivity index (χ1v) is 10.7. The molecular weight excluding hydrogens is 344 g/mol. The fraction of sp³-hybridized carbons (Fsp3) is 0.400. The van der Waals surface area contributed by atoms with Gasteiger partial charge in [-0.2, -0.15) is 0 Å². The van der Waals surface area contributed by atoms with Crippen molar-refractivity contribution in [2.24, 2.45) is 22.7 Å². The van der Waals surface area contributed by atoms with Crippen molar-refractivity contribution in [1.29, 1.82) is 0 Å². The molecule has 3 bridgehead atoms. The van der Waals surface area contributed by atoms with Crippen LogP contribution in [0.15, 0.2) is 53.5 Å². The van der Waals surface area contributed by atoms with Crippen molar-refractivity contribution in [3.63, 3.8) is 0 Å². The van der Waals surface area contributed by atoms with Crippen LogP contribution < -0.4 is 4.74 Å². The first-order valence-electron chi connectivity index (χ1n) is 10.7. The summed E-state index contributed by atoms with van der Waals surface area (Å²) >= 11 is 0. The van der Waals surface area contributed by atoms with Gasteiger partial charge in [-0.15, -0.1) is 0 Å². The van der Waals surface area contributed by atoms with Gasteiger partial charge in [0.25, 0.3) is 0 Å². The molecule has 0 amide bonds. The molecule has 5 unspecified atom stereocenters. The third-order valence-corrected chi connectivity index (χ3v) is 8.11. The van der Waals surface area contributed by atoms with Crippen LogP contribution >= 0.6 is 0 Å².